The molecule has 0 aromatic carbocycles. The lowest BCUT2D eigenvalue weighted by molar-refractivity contribution is -0.127. The van der Waals surface area contributed by atoms with Crippen molar-refractivity contribution < 1.29 is 9.32 Å². The first-order chi connectivity index (χ1) is 13.1. The van der Waals surface area contributed by atoms with Crippen molar-refractivity contribution in [3.63, 3.8) is 0 Å². The summed E-state index contributed by atoms with van der Waals surface area (Å²) in [6.07, 6.45) is 5.18. The van der Waals surface area contributed by atoms with Crippen LogP contribution in [0, 0.1) is 6.92 Å². The number of halogens is 1. The highest BCUT2D eigenvalue weighted by atomic mass is 35.5. The second-order valence-corrected chi connectivity index (χ2v) is 6.94. The number of aromatic nitrogens is 3. The highest BCUT2D eigenvalue weighted by molar-refractivity contribution is 6.31. The number of imidazole rings is 1. The quantitative estimate of drug-likeness (QED) is 0.646. The maximum absolute atomic E-state index is 12.5. The minimum absolute atomic E-state index is 0.0212. The smallest absolute Gasteiger partial charge is 0.246 e. The molecule has 3 aromatic rings. The number of pyridine rings is 1. The molecule has 0 aliphatic carbocycles. The monoisotopic (exact) mass is 385 g/mol. The fourth-order valence-corrected chi connectivity index (χ4v) is 3.47. The van der Waals surface area contributed by atoms with Gasteiger partial charge < -0.3 is 9.42 Å². The predicted octanol–water partition coefficient (Wildman–Crippen LogP) is 2.64. The molecule has 4 rings (SSSR count). The lowest BCUT2D eigenvalue weighted by atomic mass is 10.2. The fraction of sp³-hybridized carbons (Fsp3) is 0.316. The Hall–Kier alpha value is -2.64. The van der Waals surface area contributed by atoms with Gasteiger partial charge in [-0.25, -0.2) is 4.98 Å². The Morgan fingerprint density at radius 2 is 2.11 bits per heavy atom. The molecule has 8 heteroatoms. The minimum atomic E-state index is -0.0212. The van der Waals surface area contributed by atoms with Gasteiger partial charge in [0.2, 0.25) is 5.91 Å². The van der Waals surface area contributed by atoms with Crippen molar-refractivity contribution >= 4 is 29.2 Å². The number of amides is 1. The summed E-state index contributed by atoms with van der Waals surface area (Å²) < 4.78 is 7.13. The Bertz CT molecular complexity index is 985. The summed E-state index contributed by atoms with van der Waals surface area (Å²) in [5.41, 5.74) is 2.35. The van der Waals surface area contributed by atoms with Crippen LogP contribution in [0.1, 0.15) is 17.1 Å². The molecule has 1 aliphatic rings. The summed E-state index contributed by atoms with van der Waals surface area (Å²) in [5.74, 6) is 0.835. The topological polar surface area (TPSA) is 66.9 Å². The molecule has 1 saturated heterocycles. The molecule has 0 bridgehead atoms. The average molecular weight is 386 g/mol. The van der Waals surface area contributed by atoms with Crippen molar-refractivity contribution in [2.24, 2.45) is 0 Å². The van der Waals surface area contributed by atoms with Crippen LogP contribution >= 0.6 is 11.6 Å². The number of fused-ring (bicyclic) bond motifs is 1. The molecule has 4 heterocycles. The summed E-state index contributed by atoms with van der Waals surface area (Å²) in [7, 11) is 0. The Labute approximate surface area is 161 Å². The summed E-state index contributed by atoms with van der Waals surface area (Å²) >= 11 is 6.21. The number of rotatable bonds is 4. The number of hydrogen-bond donors (Lipinski definition) is 0. The van der Waals surface area contributed by atoms with Crippen LogP contribution in [0.2, 0.25) is 5.15 Å². The van der Waals surface area contributed by atoms with Gasteiger partial charge >= 0.3 is 0 Å². The lowest BCUT2D eigenvalue weighted by Crippen LogP contribution is -2.47. The van der Waals surface area contributed by atoms with Crippen molar-refractivity contribution in [2.45, 2.75) is 13.5 Å². The van der Waals surface area contributed by atoms with E-state index < -0.39 is 0 Å². The van der Waals surface area contributed by atoms with Crippen LogP contribution in [-0.2, 0) is 11.3 Å². The second kappa shape index (κ2) is 7.54. The maximum atomic E-state index is 12.5. The zero-order valence-electron chi connectivity index (χ0n) is 15.0. The van der Waals surface area contributed by atoms with Crippen molar-refractivity contribution in [2.75, 3.05) is 26.2 Å². The summed E-state index contributed by atoms with van der Waals surface area (Å²) in [5, 5.41) is 4.30. The molecule has 0 spiro atoms. The average Bonchev–Trinajstić information content (AvgIpc) is 3.22. The van der Waals surface area contributed by atoms with Gasteiger partial charge in [0, 0.05) is 44.5 Å². The van der Waals surface area contributed by atoms with Crippen LogP contribution in [0.3, 0.4) is 0 Å². The van der Waals surface area contributed by atoms with Crippen LogP contribution < -0.4 is 0 Å². The molecular weight excluding hydrogens is 366 g/mol. The van der Waals surface area contributed by atoms with E-state index in [-0.39, 0.29) is 5.91 Å². The van der Waals surface area contributed by atoms with Crippen molar-refractivity contribution in [3.05, 3.63) is 58.8 Å². The second-order valence-electron chi connectivity index (χ2n) is 6.59. The standard InChI is InChI=1S/C19H20ClN5O2/c1-14-12-15(27-22-14)13-23-8-10-24(11-9-23)18(26)6-5-16-19(20)21-17-4-2-3-7-25(16)17/h2-7,12H,8-11,13H2,1H3/b6-5+. The Balaban J connectivity index is 1.36. The molecule has 0 unspecified atom stereocenters. The Morgan fingerprint density at radius 1 is 1.30 bits per heavy atom. The van der Waals surface area contributed by atoms with Crippen molar-refractivity contribution in [3.8, 4) is 0 Å². The highest BCUT2D eigenvalue weighted by Crippen LogP contribution is 2.19. The predicted molar refractivity (Wildman–Crippen MR) is 102 cm³/mol. The number of aryl methyl sites for hydroxylation is 1. The first-order valence-corrected chi connectivity index (χ1v) is 9.22. The van der Waals surface area contributed by atoms with E-state index in [1.807, 2.05) is 46.7 Å². The molecule has 140 valence electrons. The summed E-state index contributed by atoms with van der Waals surface area (Å²) in [6.45, 7) is 5.59. The van der Waals surface area contributed by atoms with Gasteiger partial charge in [0.1, 0.15) is 5.65 Å². The Morgan fingerprint density at radius 3 is 2.85 bits per heavy atom. The Kier molecular flexibility index (Phi) is 4.96. The van der Waals surface area contributed by atoms with Gasteiger partial charge in [-0.2, -0.15) is 0 Å². The van der Waals surface area contributed by atoms with Crippen LogP contribution in [0.25, 0.3) is 11.7 Å². The molecule has 1 aliphatic heterocycles. The van der Waals surface area contributed by atoms with E-state index in [9.17, 15) is 4.79 Å². The van der Waals surface area contributed by atoms with E-state index in [4.69, 9.17) is 16.1 Å². The molecule has 0 atom stereocenters. The van der Waals surface area contributed by atoms with Gasteiger partial charge in [-0.05, 0) is 25.1 Å². The third-order valence-corrected chi connectivity index (χ3v) is 4.92. The van der Waals surface area contributed by atoms with E-state index in [0.717, 1.165) is 36.7 Å². The van der Waals surface area contributed by atoms with Gasteiger partial charge in [0.05, 0.1) is 17.9 Å². The minimum Gasteiger partial charge on any atom is -0.360 e. The normalized spacial score (nSPS) is 15.9. The molecule has 0 N–H and O–H groups in total. The molecule has 3 aromatic heterocycles. The van der Waals surface area contributed by atoms with E-state index in [2.05, 4.69) is 15.0 Å². The molecule has 27 heavy (non-hydrogen) atoms. The van der Waals surface area contributed by atoms with E-state index >= 15 is 0 Å². The molecule has 1 amide bonds. The fourth-order valence-electron chi connectivity index (χ4n) is 3.23. The van der Waals surface area contributed by atoms with Gasteiger partial charge in [0.15, 0.2) is 10.9 Å². The van der Waals surface area contributed by atoms with Crippen LogP contribution in [-0.4, -0.2) is 56.4 Å². The summed E-state index contributed by atoms with van der Waals surface area (Å²) in [6, 6.07) is 7.62. The van der Waals surface area contributed by atoms with Gasteiger partial charge in [-0.1, -0.05) is 22.8 Å². The molecule has 0 saturated carbocycles. The number of carbonyl (C=O) groups is 1. The van der Waals surface area contributed by atoms with Gasteiger partial charge in [-0.3, -0.25) is 14.1 Å². The number of piperazine rings is 1. The van der Waals surface area contributed by atoms with Gasteiger partial charge in [0.25, 0.3) is 0 Å². The van der Waals surface area contributed by atoms with Gasteiger partial charge in [-0.15, -0.1) is 0 Å². The van der Waals surface area contributed by atoms with Crippen LogP contribution in [0.4, 0.5) is 0 Å². The zero-order chi connectivity index (χ0) is 18.8. The summed E-state index contributed by atoms with van der Waals surface area (Å²) in [4.78, 5) is 20.9. The van der Waals surface area contributed by atoms with E-state index in [1.165, 1.54) is 0 Å². The van der Waals surface area contributed by atoms with E-state index in [1.54, 1.807) is 12.2 Å². The first-order valence-electron chi connectivity index (χ1n) is 8.84. The van der Waals surface area contributed by atoms with Crippen LogP contribution in [0.15, 0.2) is 41.1 Å². The molecule has 7 nitrogen and oxygen atoms in total. The molecule has 1 fully saturated rings. The SMILES string of the molecule is Cc1cc(CN2CCN(C(=O)/C=C/c3c(Cl)nc4ccccn34)CC2)on1. The highest BCUT2D eigenvalue weighted by Gasteiger charge is 2.21. The largest absolute Gasteiger partial charge is 0.360 e. The number of hydrogen-bond acceptors (Lipinski definition) is 5. The maximum Gasteiger partial charge on any atom is 0.246 e. The number of nitrogens with zero attached hydrogens (tertiary/aromatic N) is 5. The third kappa shape index (κ3) is 3.89. The van der Waals surface area contributed by atoms with Crippen LogP contribution in [0.5, 0.6) is 0 Å². The number of carbonyl (C=O) groups excluding carboxylic acids is 1. The first kappa shape index (κ1) is 17.8. The molecular formula is C19H20ClN5O2. The van der Waals surface area contributed by atoms with Crippen molar-refractivity contribution in [1.29, 1.82) is 0 Å². The molecule has 0 radical (unpaired) electrons. The van der Waals surface area contributed by atoms with Crippen molar-refractivity contribution in [1.82, 2.24) is 24.3 Å². The third-order valence-electron chi connectivity index (χ3n) is 4.65. The zero-order valence-corrected chi connectivity index (χ0v) is 15.8. The van der Waals surface area contributed by atoms with E-state index in [0.29, 0.717) is 23.9 Å². The lowest BCUT2D eigenvalue weighted by Gasteiger charge is -2.33.